The Morgan fingerprint density at radius 2 is 1.79 bits per heavy atom. The largest absolute Gasteiger partial charge is 0.478 e. The molecular weight excluding hydrogens is 390 g/mol. The highest BCUT2D eigenvalue weighted by Gasteiger charge is 2.23. The normalized spacial score (nSPS) is 15.3. The van der Waals surface area contributed by atoms with E-state index < -0.39 is 16.0 Å². The van der Waals surface area contributed by atoms with Crippen molar-refractivity contribution in [3.8, 4) is 0 Å². The van der Waals surface area contributed by atoms with Crippen LogP contribution in [-0.2, 0) is 10.0 Å². The molecule has 8 heteroatoms. The summed E-state index contributed by atoms with van der Waals surface area (Å²) in [6, 6.07) is 11.3. The van der Waals surface area contributed by atoms with Gasteiger partial charge in [0.05, 0.1) is 21.8 Å². The van der Waals surface area contributed by atoms with E-state index in [0.29, 0.717) is 11.3 Å². The van der Waals surface area contributed by atoms with Gasteiger partial charge in [-0.3, -0.25) is 9.62 Å². The maximum Gasteiger partial charge on any atom is 0.335 e. The average Bonchev–Trinajstić information content (AvgIpc) is 2.69. The van der Waals surface area contributed by atoms with Crippen LogP contribution in [0.15, 0.2) is 47.4 Å². The number of nitrogens with zero attached hydrogens (tertiary/aromatic N) is 2. The van der Waals surface area contributed by atoms with E-state index in [4.69, 9.17) is 0 Å². The molecule has 3 rings (SSSR count). The third-order valence-electron chi connectivity index (χ3n) is 5.12. The zero-order valence-corrected chi connectivity index (χ0v) is 17.6. The van der Waals surface area contributed by atoms with Gasteiger partial charge in [0.15, 0.2) is 0 Å². The van der Waals surface area contributed by atoms with Gasteiger partial charge < -0.3 is 10.0 Å². The summed E-state index contributed by atoms with van der Waals surface area (Å²) in [7, 11) is -3.85. The Morgan fingerprint density at radius 3 is 2.41 bits per heavy atom. The monoisotopic (exact) mass is 417 g/mol. The van der Waals surface area contributed by atoms with E-state index in [1.807, 2.05) is 0 Å². The van der Waals surface area contributed by atoms with Crippen molar-refractivity contribution in [1.29, 1.82) is 0 Å². The standard InChI is InChI=1S/C21H27N3O4S/c1-3-10-23-11-13-24(14-12-23)19-9-8-17(21(25)26)15-18(19)22-29(27,28)20-7-5-4-6-16(20)2/h4-9,15,22H,3,10-14H2,1-2H3,(H,25,26). The zero-order valence-electron chi connectivity index (χ0n) is 16.8. The van der Waals surface area contributed by atoms with Gasteiger partial charge in [0, 0.05) is 26.2 Å². The summed E-state index contributed by atoms with van der Waals surface area (Å²) in [6.07, 6.45) is 1.09. The Morgan fingerprint density at radius 1 is 1.10 bits per heavy atom. The van der Waals surface area contributed by atoms with Gasteiger partial charge in [-0.2, -0.15) is 0 Å². The first-order chi connectivity index (χ1) is 13.8. The lowest BCUT2D eigenvalue weighted by Crippen LogP contribution is -2.46. The lowest BCUT2D eigenvalue weighted by molar-refractivity contribution is 0.0697. The third kappa shape index (κ3) is 4.89. The molecule has 0 bridgehead atoms. The number of carboxylic acids is 1. The van der Waals surface area contributed by atoms with Gasteiger partial charge in [0.1, 0.15) is 0 Å². The molecule has 1 saturated heterocycles. The summed E-state index contributed by atoms with van der Waals surface area (Å²) in [5.41, 5.74) is 1.66. The topological polar surface area (TPSA) is 89.9 Å². The minimum Gasteiger partial charge on any atom is -0.478 e. The minimum absolute atomic E-state index is 0.0425. The number of aryl methyl sites for hydroxylation is 1. The number of carboxylic acid groups (broad SMARTS) is 1. The van der Waals surface area contributed by atoms with E-state index in [1.165, 1.54) is 12.1 Å². The Balaban J connectivity index is 1.93. The fraction of sp³-hybridized carbons (Fsp3) is 0.381. The summed E-state index contributed by atoms with van der Waals surface area (Å²) >= 11 is 0. The van der Waals surface area contributed by atoms with Gasteiger partial charge in [-0.15, -0.1) is 0 Å². The van der Waals surface area contributed by atoms with E-state index in [-0.39, 0.29) is 16.1 Å². The first-order valence-electron chi connectivity index (χ1n) is 9.75. The van der Waals surface area contributed by atoms with E-state index in [9.17, 15) is 18.3 Å². The number of piperazine rings is 1. The van der Waals surface area contributed by atoms with Crippen LogP contribution in [0.3, 0.4) is 0 Å². The van der Waals surface area contributed by atoms with E-state index in [1.54, 1.807) is 37.3 Å². The van der Waals surface area contributed by atoms with Crippen LogP contribution in [0, 0.1) is 6.92 Å². The van der Waals surface area contributed by atoms with Crippen LogP contribution in [0.5, 0.6) is 0 Å². The molecular formula is C21H27N3O4S. The van der Waals surface area contributed by atoms with Gasteiger partial charge >= 0.3 is 5.97 Å². The van der Waals surface area contributed by atoms with Crippen molar-refractivity contribution in [2.45, 2.75) is 25.2 Å². The van der Waals surface area contributed by atoms with Crippen LogP contribution in [0.4, 0.5) is 11.4 Å². The Labute approximate surface area is 172 Å². The molecule has 0 atom stereocenters. The number of rotatable bonds is 7. The van der Waals surface area contributed by atoms with Gasteiger partial charge in [0.25, 0.3) is 10.0 Å². The molecule has 1 aliphatic heterocycles. The maximum absolute atomic E-state index is 13.0. The Kier molecular flexibility index (Phi) is 6.44. The predicted molar refractivity (Wildman–Crippen MR) is 114 cm³/mol. The minimum atomic E-state index is -3.85. The van der Waals surface area contributed by atoms with Crippen molar-refractivity contribution in [2.24, 2.45) is 0 Å². The number of aromatic carboxylic acids is 1. The van der Waals surface area contributed by atoms with E-state index in [0.717, 1.165) is 39.1 Å². The highest BCUT2D eigenvalue weighted by atomic mass is 32.2. The molecule has 1 heterocycles. The van der Waals surface area contributed by atoms with Crippen LogP contribution >= 0.6 is 0 Å². The third-order valence-corrected chi connectivity index (χ3v) is 6.65. The van der Waals surface area contributed by atoms with Crippen LogP contribution in [0.25, 0.3) is 0 Å². The van der Waals surface area contributed by atoms with Crippen molar-refractivity contribution in [3.63, 3.8) is 0 Å². The van der Waals surface area contributed by atoms with Crippen molar-refractivity contribution >= 4 is 27.4 Å². The second-order valence-electron chi connectivity index (χ2n) is 7.24. The van der Waals surface area contributed by atoms with Gasteiger partial charge in [-0.05, 0) is 49.7 Å². The van der Waals surface area contributed by atoms with E-state index >= 15 is 0 Å². The number of anilines is 2. The highest BCUT2D eigenvalue weighted by molar-refractivity contribution is 7.92. The molecule has 0 radical (unpaired) electrons. The van der Waals surface area contributed by atoms with Crippen LogP contribution in [0.1, 0.15) is 29.3 Å². The first kappa shape index (κ1) is 21.1. The lowest BCUT2D eigenvalue weighted by atomic mass is 10.1. The molecule has 0 unspecified atom stereocenters. The fourth-order valence-electron chi connectivity index (χ4n) is 3.61. The molecule has 156 valence electrons. The van der Waals surface area contributed by atoms with Gasteiger partial charge in [-0.25, -0.2) is 13.2 Å². The van der Waals surface area contributed by atoms with Gasteiger partial charge in [0.2, 0.25) is 0 Å². The quantitative estimate of drug-likeness (QED) is 0.720. The molecule has 0 aromatic heterocycles. The summed E-state index contributed by atoms with van der Waals surface area (Å²) in [4.78, 5) is 16.1. The summed E-state index contributed by atoms with van der Waals surface area (Å²) in [6.45, 7) is 8.21. The first-order valence-corrected chi connectivity index (χ1v) is 11.2. The van der Waals surface area contributed by atoms with Crippen LogP contribution < -0.4 is 9.62 Å². The molecule has 2 aromatic carbocycles. The number of hydrogen-bond donors (Lipinski definition) is 2. The molecule has 29 heavy (non-hydrogen) atoms. The number of carbonyl (C=O) groups is 1. The fourth-order valence-corrected chi connectivity index (χ4v) is 4.93. The number of benzene rings is 2. The molecule has 0 spiro atoms. The van der Waals surface area contributed by atoms with Crippen molar-refractivity contribution < 1.29 is 18.3 Å². The lowest BCUT2D eigenvalue weighted by Gasteiger charge is -2.37. The Hall–Kier alpha value is -2.58. The van der Waals surface area contributed by atoms with Crippen molar-refractivity contribution in [2.75, 3.05) is 42.3 Å². The summed E-state index contributed by atoms with van der Waals surface area (Å²) in [5, 5.41) is 9.37. The molecule has 2 aromatic rings. The second kappa shape index (κ2) is 8.84. The molecule has 0 amide bonds. The highest BCUT2D eigenvalue weighted by Crippen LogP contribution is 2.31. The maximum atomic E-state index is 13.0. The van der Waals surface area contributed by atoms with Crippen LogP contribution in [0.2, 0.25) is 0 Å². The number of sulfonamides is 1. The number of nitrogens with one attached hydrogen (secondary N) is 1. The van der Waals surface area contributed by atoms with E-state index in [2.05, 4.69) is 21.4 Å². The SMILES string of the molecule is CCCN1CCN(c2ccc(C(=O)O)cc2NS(=O)(=O)c2ccccc2C)CC1. The number of hydrogen-bond acceptors (Lipinski definition) is 5. The van der Waals surface area contributed by atoms with Crippen molar-refractivity contribution in [1.82, 2.24) is 4.90 Å². The molecule has 1 fully saturated rings. The second-order valence-corrected chi connectivity index (χ2v) is 8.89. The van der Waals surface area contributed by atoms with Crippen LogP contribution in [-0.4, -0.2) is 57.1 Å². The smallest absolute Gasteiger partial charge is 0.335 e. The molecule has 0 aliphatic carbocycles. The molecule has 0 saturated carbocycles. The molecule has 2 N–H and O–H groups in total. The summed E-state index contributed by atoms with van der Waals surface area (Å²) < 4.78 is 28.6. The van der Waals surface area contributed by atoms with Gasteiger partial charge in [-0.1, -0.05) is 25.1 Å². The van der Waals surface area contributed by atoms with Crippen molar-refractivity contribution in [3.05, 3.63) is 53.6 Å². The summed E-state index contributed by atoms with van der Waals surface area (Å²) in [5.74, 6) is -1.10. The molecule has 7 nitrogen and oxygen atoms in total. The zero-order chi connectivity index (χ0) is 21.0. The Bertz CT molecular complexity index is 983. The predicted octanol–water partition coefficient (Wildman–Crippen LogP) is 3.03. The average molecular weight is 418 g/mol. The molecule has 1 aliphatic rings.